The first kappa shape index (κ1) is 26.4. The lowest BCUT2D eigenvalue weighted by atomic mass is 10.0. The van der Waals surface area contributed by atoms with Gasteiger partial charge in [-0.1, -0.05) is 19.1 Å². The maximum atomic E-state index is 15.1. The van der Waals surface area contributed by atoms with E-state index in [1.165, 1.54) is 13.0 Å². The predicted octanol–water partition coefficient (Wildman–Crippen LogP) is 5.17. The van der Waals surface area contributed by atoms with Crippen LogP contribution >= 0.6 is 0 Å². The molecule has 3 aromatic carbocycles. The smallest absolute Gasteiger partial charge is 0.247 e. The number of nitrogens with zero attached hydrogens (tertiary/aromatic N) is 1. The molecule has 8 nitrogen and oxygen atoms in total. The summed E-state index contributed by atoms with van der Waals surface area (Å²) < 4.78 is 20.8. The quantitative estimate of drug-likeness (QED) is 0.231. The second-order valence-corrected chi connectivity index (χ2v) is 8.84. The normalized spacial score (nSPS) is 11.6. The lowest BCUT2D eigenvalue weighted by Crippen LogP contribution is -2.33. The maximum Gasteiger partial charge on any atom is 0.247 e. The molecule has 4 aromatic rings. The summed E-state index contributed by atoms with van der Waals surface area (Å²) >= 11 is 0. The molecule has 0 spiro atoms. The third-order valence-corrected chi connectivity index (χ3v) is 5.83. The van der Waals surface area contributed by atoms with Crippen LogP contribution in [0, 0.1) is 5.82 Å². The highest BCUT2D eigenvalue weighted by atomic mass is 19.1. The van der Waals surface area contributed by atoms with Crippen molar-refractivity contribution in [1.82, 2.24) is 10.3 Å². The number of fused-ring (bicyclic) bond motifs is 1. The monoisotopic (exact) mass is 515 g/mol. The summed E-state index contributed by atoms with van der Waals surface area (Å²) in [6, 6.07) is 17.7. The number of nitrogen functional groups attached to an aromatic ring is 1. The molecule has 38 heavy (non-hydrogen) atoms. The number of ether oxygens (including phenoxy) is 1. The Labute approximate surface area is 220 Å². The van der Waals surface area contributed by atoms with Crippen LogP contribution in [0.4, 0.5) is 21.6 Å². The molecule has 1 aromatic heterocycles. The zero-order valence-electron chi connectivity index (χ0n) is 21.3. The largest absolute Gasteiger partial charge is 0.494 e. The number of carbonyl (C=O) groups is 2. The minimum absolute atomic E-state index is 0.150. The Hall–Kier alpha value is -4.66. The van der Waals surface area contributed by atoms with Gasteiger partial charge in [-0.15, -0.1) is 0 Å². The van der Waals surface area contributed by atoms with Crippen LogP contribution in [0.1, 0.15) is 37.4 Å². The lowest BCUT2D eigenvalue weighted by molar-refractivity contribution is -0.122. The van der Waals surface area contributed by atoms with Gasteiger partial charge in [0.1, 0.15) is 23.4 Å². The van der Waals surface area contributed by atoms with Gasteiger partial charge in [-0.2, -0.15) is 0 Å². The van der Waals surface area contributed by atoms with E-state index in [-0.39, 0.29) is 18.0 Å². The fourth-order valence-corrected chi connectivity index (χ4v) is 4.05. The first-order valence-electron chi connectivity index (χ1n) is 12.3. The molecule has 196 valence electrons. The van der Waals surface area contributed by atoms with Crippen molar-refractivity contribution < 1.29 is 18.7 Å². The SMILES string of the molecule is CCCOc1ccc(F)c(C(Nc2ccc3c(N)nccc3c2)C(=O)NCc2cccc(NC(C)=O)c2)c1. The number of nitrogens with two attached hydrogens (primary N) is 1. The summed E-state index contributed by atoms with van der Waals surface area (Å²) in [6.45, 7) is 4.05. The van der Waals surface area contributed by atoms with E-state index < -0.39 is 17.8 Å². The minimum atomic E-state index is -1.06. The van der Waals surface area contributed by atoms with Crippen LogP contribution in [-0.4, -0.2) is 23.4 Å². The number of rotatable bonds is 10. The van der Waals surface area contributed by atoms with Gasteiger partial charge in [0.05, 0.1) is 6.61 Å². The highest BCUT2D eigenvalue weighted by Crippen LogP contribution is 2.29. The van der Waals surface area contributed by atoms with Gasteiger partial charge < -0.3 is 26.4 Å². The van der Waals surface area contributed by atoms with Crippen LogP contribution < -0.4 is 26.4 Å². The van der Waals surface area contributed by atoms with E-state index >= 15 is 4.39 Å². The molecule has 0 aliphatic rings. The minimum Gasteiger partial charge on any atom is -0.494 e. The fraction of sp³-hybridized carbons (Fsp3) is 0.207. The molecular weight excluding hydrogens is 485 g/mol. The van der Waals surface area contributed by atoms with Gasteiger partial charge in [0, 0.05) is 42.0 Å². The predicted molar refractivity (Wildman–Crippen MR) is 147 cm³/mol. The van der Waals surface area contributed by atoms with E-state index in [0.717, 1.165) is 22.8 Å². The first-order valence-corrected chi connectivity index (χ1v) is 12.3. The molecule has 0 aliphatic carbocycles. The summed E-state index contributed by atoms with van der Waals surface area (Å²) in [5.74, 6) is -0.289. The van der Waals surface area contributed by atoms with Crippen molar-refractivity contribution in [3.05, 3.63) is 89.9 Å². The number of hydrogen-bond acceptors (Lipinski definition) is 6. The Balaban J connectivity index is 1.63. The molecule has 0 aliphatic heterocycles. The highest BCUT2D eigenvalue weighted by Gasteiger charge is 2.25. The summed E-state index contributed by atoms with van der Waals surface area (Å²) in [6.07, 6.45) is 2.40. The summed E-state index contributed by atoms with van der Waals surface area (Å²) in [5.41, 5.74) is 8.13. The molecule has 1 heterocycles. The molecule has 4 rings (SSSR count). The second-order valence-electron chi connectivity index (χ2n) is 8.84. The van der Waals surface area contributed by atoms with Crippen LogP contribution in [-0.2, 0) is 16.1 Å². The van der Waals surface area contributed by atoms with Gasteiger partial charge in [0.15, 0.2) is 0 Å². The number of hydrogen-bond donors (Lipinski definition) is 4. The standard InChI is InChI=1S/C29H30FN5O3/c1-3-13-38-23-8-10-26(30)25(16-23)27(35-22-7-9-24-20(15-22)11-12-32-28(24)31)29(37)33-17-19-5-4-6-21(14-19)34-18(2)36/h4-12,14-16,27,35H,3,13,17H2,1-2H3,(H2,31,32)(H,33,37)(H,34,36). The number of carbonyl (C=O) groups excluding carboxylic acids is 2. The van der Waals surface area contributed by atoms with Crippen molar-refractivity contribution in [3.8, 4) is 5.75 Å². The van der Waals surface area contributed by atoms with Gasteiger partial charge in [-0.25, -0.2) is 9.37 Å². The number of pyridine rings is 1. The second kappa shape index (κ2) is 12.1. The third kappa shape index (κ3) is 6.56. The average Bonchev–Trinajstić information content (AvgIpc) is 2.90. The first-order chi connectivity index (χ1) is 18.3. The molecule has 0 saturated heterocycles. The van der Waals surface area contributed by atoms with E-state index in [2.05, 4.69) is 20.9 Å². The Morgan fingerprint density at radius 2 is 1.89 bits per heavy atom. The van der Waals surface area contributed by atoms with Crippen molar-refractivity contribution in [2.75, 3.05) is 23.0 Å². The van der Waals surface area contributed by atoms with Crippen molar-refractivity contribution in [1.29, 1.82) is 0 Å². The number of anilines is 3. The summed E-state index contributed by atoms with van der Waals surface area (Å²) in [4.78, 5) is 29.0. The highest BCUT2D eigenvalue weighted by molar-refractivity contribution is 5.94. The number of benzene rings is 3. The Bertz CT molecular complexity index is 1460. The van der Waals surface area contributed by atoms with Crippen LogP contribution in [0.15, 0.2) is 72.9 Å². The Morgan fingerprint density at radius 3 is 2.68 bits per heavy atom. The Kier molecular flexibility index (Phi) is 8.37. The van der Waals surface area contributed by atoms with Crippen molar-refractivity contribution >= 4 is 39.8 Å². The van der Waals surface area contributed by atoms with Crippen LogP contribution in [0.5, 0.6) is 5.75 Å². The van der Waals surface area contributed by atoms with Gasteiger partial charge in [0.2, 0.25) is 11.8 Å². The van der Waals surface area contributed by atoms with Crippen molar-refractivity contribution in [2.45, 2.75) is 32.9 Å². The van der Waals surface area contributed by atoms with Gasteiger partial charge in [-0.05, 0) is 72.0 Å². The van der Waals surface area contributed by atoms with Gasteiger partial charge >= 0.3 is 0 Å². The van der Waals surface area contributed by atoms with Gasteiger partial charge in [0.25, 0.3) is 0 Å². The van der Waals surface area contributed by atoms with Crippen molar-refractivity contribution in [3.63, 3.8) is 0 Å². The van der Waals surface area contributed by atoms with E-state index in [9.17, 15) is 9.59 Å². The van der Waals surface area contributed by atoms with Crippen molar-refractivity contribution in [2.24, 2.45) is 0 Å². The molecule has 0 bridgehead atoms. The third-order valence-electron chi connectivity index (χ3n) is 5.83. The van der Waals surface area contributed by atoms with Gasteiger partial charge in [-0.3, -0.25) is 9.59 Å². The molecule has 1 atom stereocenters. The van der Waals surface area contributed by atoms with E-state index in [1.807, 2.05) is 25.1 Å². The molecule has 9 heteroatoms. The molecular formula is C29H30FN5O3. The molecule has 0 saturated carbocycles. The number of halogens is 1. The maximum absolute atomic E-state index is 15.1. The number of aromatic nitrogens is 1. The summed E-state index contributed by atoms with van der Waals surface area (Å²) in [7, 11) is 0. The molecule has 5 N–H and O–H groups in total. The fourth-order valence-electron chi connectivity index (χ4n) is 4.05. The number of nitrogens with one attached hydrogen (secondary N) is 3. The Morgan fingerprint density at radius 1 is 1.05 bits per heavy atom. The van der Waals surface area contributed by atoms with E-state index in [0.29, 0.717) is 29.5 Å². The van der Waals surface area contributed by atoms with Crippen LogP contribution in [0.2, 0.25) is 0 Å². The van der Waals surface area contributed by atoms with E-state index in [1.54, 1.807) is 48.7 Å². The van der Waals surface area contributed by atoms with Crippen LogP contribution in [0.3, 0.4) is 0 Å². The molecule has 0 fully saturated rings. The molecule has 2 amide bonds. The zero-order valence-corrected chi connectivity index (χ0v) is 21.3. The average molecular weight is 516 g/mol. The zero-order chi connectivity index (χ0) is 27.1. The molecule has 1 unspecified atom stereocenters. The number of amides is 2. The molecule has 0 radical (unpaired) electrons. The van der Waals surface area contributed by atoms with Crippen LogP contribution in [0.25, 0.3) is 10.8 Å². The lowest BCUT2D eigenvalue weighted by Gasteiger charge is -2.22. The van der Waals surface area contributed by atoms with E-state index in [4.69, 9.17) is 10.5 Å². The summed E-state index contributed by atoms with van der Waals surface area (Å²) in [5, 5.41) is 10.4. The topological polar surface area (TPSA) is 118 Å².